The predicted molar refractivity (Wildman–Crippen MR) is 47.7 cm³/mol. The zero-order chi connectivity index (χ0) is 9.42. The molecule has 0 heterocycles. The van der Waals surface area contributed by atoms with Gasteiger partial charge in [0.25, 0.3) is 0 Å². The lowest BCUT2D eigenvalue weighted by molar-refractivity contribution is 0.0984. The standard InChI is InChI=1S/C10H4ClO2/c11-8-5-9(12)6-3-1-2-4-7(6)10(8)13/h1-4H. The average Bonchev–Trinajstić information content (AvgIpc) is 2.15. The van der Waals surface area contributed by atoms with Gasteiger partial charge >= 0.3 is 0 Å². The van der Waals surface area contributed by atoms with E-state index >= 15 is 0 Å². The smallest absolute Gasteiger partial charge is 0.205 e. The fourth-order valence-corrected chi connectivity index (χ4v) is 1.41. The first kappa shape index (κ1) is 8.20. The Labute approximate surface area is 79.8 Å². The average molecular weight is 192 g/mol. The molecule has 1 aliphatic rings. The summed E-state index contributed by atoms with van der Waals surface area (Å²) < 4.78 is 0. The molecule has 0 saturated heterocycles. The lowest BCUT2D eigenvalue weighted by Gasteiger charge is -2.09. The molecule has 2 nitrogen and oxygen atoms in total. The van der Waals surface area contributed by atoms with Gasteiger partial charge in [0.05, 0.1) is 6.08 Å². The van der Waals surface area contributed by atoms with Gasteiger partial charge in [-0.15, -0.1) is 0 Å². The van der Waals surface area contributed by atoms with Crippen LogP contribution >= 0.6 is 11.6 Å². The van der Waals surface area contributed by atoms with Crippen LogP contribution in [0.5, 0.6) is 0 Å². The number of hydrogen-bond acceptors (Lipinski definition) is 2. The van der Waals surface area contributed by atoms with Crippen LogP contribution in [-0.4, -0.2) is 11.6 Å². The van der Waals surface area contributed by atoms with Gasteiger partial charge < -0.3 is 0 Å². The van der Waals surface area contributed by atoms with Crippen LogP contribution in [-0.2, 0) is 0 Å². The third kappa shape index (κ3) is 1.19. The Morgan fingerprint density at radius 3 is 2.38 bits per heavy atom. The van der Waals surface area contributed by atoms with Crippen molar-refractivity contribution in [3.05, 3.63) is 46.5 Å². The van der Waals surface area contributed by atoms with Gasteiger partial charge in [0, 0.05) is 11.1 Å². The highest BCUT2D eigenvalue weighted by Crippen LogP contribution is 2.22. The largest absolute Gasteiger partial charge is 0.289 e. The van der Waals surface area contributed by atoms with Gasteiger partial charge in [0.2, 0.25) is 5.78 Å². The van der Waals surface area contributed by atoms with Gasteiger partial charge in [0.1, 0.15) is 5.03 Å². The molecule has 3 heteroatoms. The van der Waals surface area contributed by atoms with Crippen LogP contribution in [0.2, 0.25) is 0 Å². The summed E-state index contributed by atoms with van der Waals surface area (Å²) in [5.41, 5.74) is 0.730. The molecule has 0 spiro atoms. The van der Waals surface area contributed by atoms with Gasteiger partial charge in [-0.1, -0.05) is 35.9 Å². The molecule has 0 saturated carbocycles. The zero-order valence-electron chi connectivity index (χ0n) is 6.50. The van der Waals surface area contributed by atoms with E-state index in [9.17, 15) is 9.59 Å². The minimum Gasteiger partial charge on any atom is -0.289 e. The minimum absolute atomic E-state index is 0.135. The lowest BCUT2D eigenvalue weighted by Crippen LogP contribution is -2.14. The number of allylic oxidation sites excluding steroid dienone is 2. The van der Waals surface area contributed by atoms with Crippen molar-refractivity contribution in [1.82, 2.24) is 0 Å². The molecular weight excluding hydrogens is 188 g/mol. The van der Waals surface area contributed by atoms with Crippen molar-refractivity contribution >= 4 is 23.2 Å². The van der Waals surface area contributed by atoms with Crippen LogP contribution < -0.4 is 0 Å². The molecule has 0 atom stereocenters. The summed E-state index contributed by atoms with van der Waals surface area (Å²) in [4.78, 5) is 22.7. The summed E-state index contributed by atoms with van der Waals surface area (Å²) >= 11 is 5.52. The van der Waals surface area contributed by atoms with Crippen molar-refractivity contribution in [3.8, 4) is 0 Å². The van der Waals surface area contributed by atoms with E-state index in [0.29, 0.717) is 11.1 Å². The molecule has 1 aromatic rings. The number of halogens is 1. The van der Waals surface area contributed by atoms with E-state index in [-0.39, 0.29) is 16.6 Å². The summed E-state index contributed by atoms with van der Waals surface area (Å²) in [6, 6.07) is 6.56. The number of carbonyl (C=O) groups excluding carboxylic acids is 2. The Morgan fingerprint density at radius 2 is 1.69 bits per heavy atom. The SMILES string of the molecule is O=C1[C]=C(Cl)C(=O)c2ccccc21. The highest BCUT2D eigenvalue weighted by Gasteiger charge is 2.23. The fraction of sp³-hybridized carbons (Fsp3) is 0. The lowest BCUT2D eigenvalue weighted by atomic mass is 9.95. The second-order valence-corrected chi connectivity index (χ2v) is 3.02. The van der Waals surface area contributed by atoms with Crippen LogP contribution in [0.3, 0.4) is 0 Å². The number of ketones is 2. The molecule has 0 aliphatic heterocycles. The monoisotopic (exact) mass is 191 g/mol. The maximum absolute atomic E-state index is 11.4. The van der Waals surface area contributed by atoms with E-state index in [4.69, 9.17) is 11.6 Å². The Kier molecular flexibility index (Phi) is 1.78. The molecule has 0 aromatic heterocycles. The van der Waals surface area contributed by atoms with Crippen LogP contribution in [0, 0.1) is 6.08 Å². The summed E-state index contributed by atoms with van der Waals surface area (Å²) in [5, 5.41) is -0.135. The van der Waals surface area contributed by atoms with Crippen LogP contribution in [0.1, 0.15) is 20.7 Å². The van der Waals surface area contributed by atoms with E-state index in [2.05, 4.69) is 6.08 Å². The first-order valence-corrected chi connectivity index (χ1v) is 4.05. The second-order valence-electron chi connectivity index (χ2n) is 2.64. The Balaban J connectivity index is 2.69. The number of fused-ring (bicyclic) bond motifs is 1. The summed E-state index contributed by atoms with van der Waals surface area (Å²) in [6.07, 6.45) is 2.28. The fourth-order valence-electron chi connectivity index (χ4n) is 1.22. The van der Waals surface area contributed by atoms with Crippen molar-refractivity contribution in [1.29, 1.82) is 0 Å². The topological polar surface area (TPSA) is 34.1 Å². The molecule has 63 valence electrons. The molecule has 13 heavy (non-hydrogen) atoms. The van der Waals surface area contributed by atoms with Gasteiger partial charge in [-0.2, -0.15) is 0 Å². The number of carbonyl (C=O) groups is 2. The number of hydrogen-bond donors (Lipinski definition) is 0. The highest BCUT2D eigenvalue weighted by atomic mass is 35.5. The van der Waals surface area contributed by atoms with E-state index < -0.39 is 0 Å². The van der Waals surface area contributed by atoms with Gasteiger partial charge in [-0.25, -0.2) is 0 Å². The molecule has 1 aliphatic carbocycles. The Morgan fingerprint density at radius 1 is 1.08 bits per heavy atom. The van der Waals surface area contributed by atoms with E-state index in [0.717, 1.165) is 0 Å². The Hall–Kier alpha value is -1.41. The molecule has 1 radical (unpaired) electrons. The van der Waals surface area contributed by atoms with Crippen molar-refractivity contribution in [2.24, 2.45) is 0 Å². The summed E-state index contributed by atoms with van der Waals surface area (Å²) in [6.45, 7) is 0. The zero-order valence-corrected chi connectivity index (χ0v) is 7.26. The number of rotatable bonds is 0. The third-order valence-corrected chi connectivity index (χ3v) is 2.11. The molecule has 0 fully saturated rings. The molecule has 2 rings (SSSR count). The van der Waals surface area contributed by atoms with Crippen LogP contribution in [0.15, 0.2) is 29.3 Å². The molecule has 0 N–H and O–H groups in total. The number of benzene rings is 1. The molecular formula is C10H4ClO2. The maximum Gasteiger partial charge on any atom is 0.205 e. The molecule has 0 bridgehead atoms. The van der Waals surface area contributed by atoms with E-state index in [1.807, 2.05) is 0 Å². The van der Waals surface area contributed by atoms with Crippen molar-refractivity contribution in [2.45, 2.75) is 0 Å². The quantitative estimate of drug-likeness (QED) is 0.629. The van der Waals surface area contributed by atoms with Gasteiger partial charge in [-0.05, 0) is 0 Å². The summed E-state index contributed by atoms with van der Waals surface area (Å²) in [7, 11) is 0. The first-order valence-electron chi connectivity index (χ1n) is 3.67. The van der Waals surface area contributed by atoms with Crippen molar-refractivity contribution in [3.63, 3.8) is 0 Å². The molecule has 0 amide bonds. The van der Waals surface area contributed by atoms with Crippen LogP contribution in [0.25, 0.3) is 0 Å². The Bertz CT molecular complexity index is 432. The van der Waals surface area contributed by atoms with Gasteiger partial charge in [0.15, 0.2) is 5.78 Å². The maximum atomic E-state index is 11.4. The normalized spacial score (nSPS) is 15.3. The first-order chi connectivity index (χ1) is 6.20. The van der Waals surface area contributed by atoms with E-state index in [1.54, 1.807) is 24.3 Å². The minimum atomic E-state index is -0.336. The molecule has 0 unspecified atom stereocenters. The second kappa shape index (κ2) is 2.82. The third-order valence-electron chi connectivity index (χ3n) is 1.84. The number of Topliss-reactive ketones (excluding diaryl/α,β-unsaturated/α-hetero) is 2. The van der Waals surface area contributed by atoms with Gasteiger partial charge in [-0.3, -0.25) is 9.59 Å². The summed E-state index contributed by atoms with van der Waals surface area (Å²) in [5.74, 6) is -0.669. The van der Waals surface area contributed by atoms with E-state index in [1.165, 1.54) is 0 Å². The molecule has 1 aromatic carbocycles. The van der Waals surface area contributed by atoms with Crippen molar-refractivity contribution < 1.29 is 9.59 Å². The highest BCUT2D eigenvalue weighted by molar-refractivity contribution is 6.48. The van der Waals surface area contributed by atoms with Crippen molar-refractivity contribution in [2.75, 3.05) is 0 Å². The van der Waals surface area contributed by atoms with Crippen LogP contribution in [0.4, 0.5) is 0 Å². The predicted octanol–water partition coefficient (Wildman–Crippen LogP) is 1.99.